The maximum atomic E-state index is 9.78. The lowest BCUT2D eigenvalue weighted by Crippen LogP contribution is -2.11. The van der Waals surface area contributed by atoms with E-state index >= 15 is 0 Å². The molecule has 0 saturated heterocycles. The number of hydrogen-bond acceptors (Lipinski definition) is 1. The highest BCUT2D eigenvalue weighted by atomic mass is 15.1. The van der Waals surface area contributed by atoms with E-state index in [-0.39, 0.29) is 53.1 Å². The van der Waals surface area contributed by atoms with Crippen molar-refractivity contribution in [2.75, 3.05) is 4.90 Å². The van der Waals surface area contributed by atoms with E-state index in [1.165, 1.54) is 0 Å². The predicted octanol–water partition coefficient (Wildman–Crippen LogP) is 16.3. The summed E-state index contributed by atoms with van der Waals surface area (Å²) in [5.74, 6) is 0. The third kappa shape index (κ3) is 7.12. The second kappa shape index (κ2) is 16.0. The molecule has 0 spiro atoms. The first-order valence-electron chi connectivity index (χ1n) is 24.0. The normalized spacial score (nSPS) is 13.2. The summed E-state index contributed by atoms with van der Waals surface area (Å²) in [5.41, 5.74) is 10.3. The van der Waals surface area contributed by atoms with Crippen LogP contribution in [0.4, 0.5) is 17.1 Å². The van der Waals surface area contributed by atoms with Crippen LogP contribution in [0.5, 0.6) is 0 Å². The summed E-state index contributed by atoms with van der Waals surface area (Å²) in [7, 11) is 0. The molecule has 0 amide bonds. The van der Waals surface area contributed by atoms with E-state index in [9.17, 15) is 5.48 Å². The van der Waals surface area contributed by atoms with Gasteiger partial charge in [-0.05, 0) is 102 Å². The first-order valence-corrected chi connectivity index (χ1v) is 19.5. The van der Waals surface area contributed by atoms with Gasteiger partial charge in [-0.2, -0.15) is 0 Å². The van der Waals surface area contributed by atoms with Crippen LogP contribution < -0.4 is 4.90 Å². The van der Waals surface area contributed by atoms with Gasteiger partial charge < -0.3 is 4.90 Å². The zero-order valence-electron chi connectivity index (χ0n) is 40.9. The Labute approximate surface area is 359 Å². The lowest BCUT2D eigenvalue weighted by molar-refractivity contribution is 1.28. The highest BCUT2D eigenvalue weighted by Gasteiger charge is 2.20. The molecule has 0 fully saturated rings. The van der Waals surface area contributed by atoms with Crippen LogP contribution in [0.25, 0.3) is 77.5 Å². The molecule has 0 aliphatic carbocycles. The second-order valence-electron chi connectivity index (χ2n) is 14.2. The van der Waals surface area contributed by atoms with E-state index in [4.69, 9.17) is 6.85 Å². The molecule has 10 aromatic carbocycles. The number of rotatable bonds is 9. The molecule has 59 heavy (non-hydrogen) atoms. The Kier molecular flexibility index (Phi) is 7.33. The zero-order valence-corrected chi connectivity index (χ0v) is 31.9. The van der Waals surface area contributed by atoms with E-state index in [2.05, 4.69) is 36.4 Å². The van der Waals surface area contributed by atoms with E-state index in [0.29, 0.717) is 22.5 Å². The van der Waals surface area contributed by atoms with Crippen molar-refractivity contribution < 1.29 is 12.3 Å². The van der Waals surface area contributed by atoms with E-state index in [0.717, 1.165) is 55.3 Å². The maximum absolute atomic E-state index is 9.78. The fourth-order valence-corrected chi connectivity index (χ4v) is 7.85. The minimum Gasteiger partial charge on any atom is -0.310 e. The third-order valence-electron chi connectivity index (χ3n) is 10.7. The summed E-state index contributed by atoms with van der Waals surface area (Å²) < 4.78 is 80.1. The van der Waals surface area contributed by atoms with Crippen LogP contribution in [0.3, 0.4) is 0 Å². The monoisotopic (exact) mass is 760 g/mol. The zero-order chi connectivity index (χ0) is 47.2. The molecule has 1 heteroatoms. The molecular weight excluding hydrogens is 711 g/mol. The average Bonchev–Trinajstić information content (AvgIpc) is 3.39. The number of anilines is 3. The van der Waals surface area contributed by atoms with Crippen LogP contribution in [0.2, 0.25) is 0 Å². The topological polar surface area (TPSA) is 3.24 Å². The maximum Gasteiger partial charge on any atom is 0.0645 e. The second-order valence-corrected chi connectivity index (χ2v) is 14.2. The fraction of sp³-hybridized carbons (Fsp3) is 0. The molecule has 0 aliphatic heterocycles. The minimum atomic E-state index is -0.441. The van der Waals surface area contributed by atoms with E-state index < -0.39 is 18.1 Å². The Hall–Kier alpha value is -7.74. The van der Waals surface area contributed by atoms with Gasteiger partial charge in [-0.25, -0.2) is 0 Å². The van der Waals surface area contributed by atoms with Crippen molar-refractivity contribution in [3.8, 4) is 66.8 Å². The smallest absolute Gasteiger partial charge is 0.0645 e. The first-order chi connectivity index (χ1) is 33.0. The van der Waals surface area contributed by atoms with Gasteiger partial charge in [-0.1, -0.05) is 218 Å². The van der Waals surface area contributed by atoms with Crippen molar-refractivity contribution in [3.05, 3.63) is 249 Å². The number of nitrogens with zero attached hydrogens (tertiary/aromatic N) is 1. The van der Waals surface area contributed by atoms with Gasteiger partial charge in [0.15, 0.2) is 0 Å². The molecule has 0 radical (unpaired) electrons. The lowest BCUT2D eigenvalue weighted by atomic mass is 9.88. The fourth-order valence-electron chi connectivity index (χ4n) is 7.85. The Morgan fingerprint density at radius 2 is 0.763 bits per heavy atom. The predicted molar refractivity (Wildman–Crippen MR) is 251 cm³/mol. The Bertz CT molecular complexity index is 3490. The van der Waals surface area contributed by atoms with Crippen molar-refractivity contribution in [1.29, 1.82) is 0 Å². The molecule has 0 saturated carbocycles. The van der Waals surface area contributed by atoms with E-state index in [1.54, 1.807) is 12.1 Å². The molecule has 0 unspecified atom stereocenters. The first kappa shape index (κ1) is 27.0. The highest BCUT2D eigenvalue weighted by Crippen LogP contribution is 2.46. The molecule has 278 valence electrons. The summed E-state index contributed by atoms with van der Waals surface area (Å²) in [6.45, 7) is 0. The van der Waals surface area contributed by atoms with Crippen molar-refractivity contribution in [2.24, 2.45) is 0 Å². The van der Waals surface area contributed by atoms with Crippen LogP contribution >= 0.6 is 0 Å². The van der Waals surface area contributed by atoms with Crippen LogP contribution in [-0.4, -0.2) is 0 Å². The average molecular weight is 761 g/mol. The van der Waals surface area contributed by atoms with Gasteiger partial charge in [-0.15, -0.1) is 0 Å². The molecule has 0 heterocycles. The van der Waals surface area contributed by atoms with Gasteiger partial charge >= 0.3 is 0 Å². The molecule has 0 atom stereocenters. The summed E-state index contributed by atoms with van der Waals surface area (Å²) in [4.78, 5) is 1.83. The summed E-state index contributed by atoms with van der Waals surface area (Å²) in [5, 5.41) is 1.76. The van der Waals surface area contributed by atoms with Gasteiger partial charge in [0.05, 0.1) is 18.0 Å². The number of hydrogen-bond donors (Lipinski definition) is 0. The third-order valence-corrected chi connectivity index (χ3v) is 10.7. The molecule has 1 nitrogen and oxygen atoms in total. The Balaban J connectivity index is 1.15. The Morgan fingerprint density at radius 3 is 1.46 bits per heavy atom. The summed E-state index contributed by atoms with van der Waals surface area (Å²) in [6.07, 6.45) is 0. The van der Waals surface area contributed by atoms with Crippen molar-refractivity contribution >= 4 is 27.8 Å². The number of benzene rings is 10. The largest absolute Gasteiger partial charge is 0.310 e. The molecule has 0 N–H and O–H groups in total. The Morgan fingerprint density at radius 1 is 0.271 bits per heavy atom. The van der Waals surface area contributed by atoms with Gasteiger partial charge in [0, 0.05) is 16.9 Å². The van der Waals surface area contributed by atoms with E-state index in [1.807, 2.05) is 150 Å². The molecule has 10 aromatic rings. The van der Waals surface area contributed by atoms with Crippen LogP contribution in [0, 0.1) is 0 Å². The van der Waals surface area contributed by atoms with Crippen molar-refractivity contribution in [1.82, 2.24) is 0 Å². The quantitative estimate of drug-likeness (QED) is 0.142. The molecule has 0 bridgehead atoms. The van der Waals surface area contributed by atoms with Gasteiger partial charge in [0.2, 0.25) is 0 Å². The molecule has 0 aromatic heterocycles. The van der Waals surface area contributed by atoms with Crippen LogP contribution in [0.1, 0.15) is 12.3 Å². The minimum absolute atomic E-state index is 0.0920. The van der Waals surface area contributed by atoms with Gasteiger partial charge in [0.25, 0.3) is 0 Å². The van der Waals surface area contributed by atoms with Crippen LogP contribution in [-0.2, 0) is 0 Å². The highest BCUT2D eigenvalue weighted by molar-refractivity contribution is 5.99. The molecule has 10 rings (SSSR count). The van der Waals surface area contributed by atoms with Crippen LogP contribution in [0.15, 0.2) is 249 Å². The number of para-hydroxylation sites is 1. The molecular formula is C58H41N. The molecule has 0 aliphatic rings. The SMILES string of the molecule is [2H]c1c([2H])c([2H])c(-c2ccc(-c3ccc(N(c4ccccc4-c4ccccc4-c4ccccc4-c4ccccc4)c4c([2H])c([2H])c(-c5cccc6ccccc56)c([2H])c4[2H])cc3)cc2)c([2H])c1[2H]. The lowest BCUT2D eigenvalue weighted by Gasteiger charge is -2.29. The summed E-state index contributed by atoms with van der Waals surface area (Å²) >= 11 is 0. The van der Waals surface area contributed by atoms with Gasteiger partial charge in [-0.3, -0.25) is 0 Å². The van der Waals surface area contributed by atoms with Gasteiger partial charge in [0.1, 0.15) is 0 Å². The van der Waals surface area contributed by atoms with Crippen molar-refractivity contribution in [3.63, 3.8) is 0 Å². The summed E-state index contributed by atoms with van der Waals surface area (Å²) in [6, 6.07) is 60.4. The number of fused-ring (bicyclic) bond motifs is 1. The standard InChI is InChI=1S/C58H41N/c1-3-16-42(17-4-1)43-30-32-44(33-31-43)45-34-38-49(39-35-45)59(50-40-36-48(37-41-50)52-28-15-21-47-20-7-8-22-51(47)52)58-29-14-13-27-57(58)56-26-12-11-25-55(56)54-24-10-9-23-53(54)46-18-5-2-6-19-46/h1-41H/i1D,3D,4D,16D,17D,36D,37D,40D,41D. The van der Waals surface area contributed by atoms with Crippen molar-refractivity contribution in [2.45, 2.75) is 0 Å².